The molecule has 1 amide bonds. The number of carbonyl (C=O) groups is 1. The maximum absolute atomic E-state index is 11.0. The second kappa shape index (κ2) is 3.26. The number of hydrogen-bond donors (Lipinski definition) is 1. The predicted octanol–water partition coefficient (Wildman–Crippen LogP) is 1.81. The minimum Gasteiger partial charge on any atom is -0.365 e. The van der Waals surface area contributed by atoms with Gasteiger partial charge in [0.2, 0.25) is 0 Å². The number of hydrogen-bond acceptors (Lipinski definition) is 4. The lowest BCUT2D eigenvalue weighted by Crippen LogP contribution is -2.10. The van der Waals surface area contributed by atoms with Gasteiger partial charge in [0.25, 0.3) is 5.91 Å². The van der Waals surface area contributed by atoms with Crippen molar-refractivity contribution in [3.8, 4) is 10.6 Å². The molecule has 0 aliphatic rings. The fraction of sp³-hybridized carbons (Fsp3) is 0.111. The van der Waals surface area contributed by atoms with Crippen LogP contribution in [0.5, 0.6) is 0 Å². The molecule has 0 fully saturated rings. The van der Waals surface area contributed by atoms with Crippen LogP contribution in [0.2, 0.25) is 0 Å². The van der Waals surface area contributed by atoms with E-state index in [9.17, 15) is 4.79 Å². The SMILES string of the molecule is Cc1ccsc1-c1nocc1C(N)=O. The maximum atomic E-state index is 11.0. The molecule has 0 aliphatic heterocycles. The number of nitrogens with two attached hydrogens (primary N) is 1. The molecule has 0 aromatic carbocycles. The highest BCUT2D eigenvalue weighted by molar-refractivity contribution is 7.13. The monoisotopic (exact) mass is 208 g/mol. The van der Waals surface area contributed by atoms with Crippen LogP contribution in [0.15, 0.2) is 22.2 Å². The summed E-state index contributed by atoms with van der Waals surface area (Å²) in [6, 6.07) is 1.96. The second-order valence-electron chi connectivity index (χ2n) is 2.87. The molecule has 2 rings (SSSR count). The Labute approximate surface area is 84.3 Å². The summed E-state index contributed by atoms with van der Waals surface area (Å²) in [6.07, 6.45) is 1.27. The highest BCUT2D eigenvalue weighted by atomic mass is 32.1. The van der Waals surface area contributed by atoms with Gasteiger partial charge in [0.15, 0.2) is 0 Å². The minimum absolute atomic E-state index is 0.329. The third kappa shape index (κ3) is 1.31. The zero-order valence-corrected chi connectivity index (χ0v) is 8.30. The quantitative estimate of drug-likeness (QED) is 0.818. The van der Waals surface area contributed by atoms with Crippen molar-refractivity contribution in [1.82, 2.24) is 5.16 Å². The van der Waals surface area contributed by atoms with Gasteiger partial charge in [-0.2, -0.15) is 0 Å². The van der Waals surface area contributed by atoms with Crippen LogP contribution in [0.4, 0.5) is 0 Å². The molecule has 2 aromatic rings. The number of aromatic nitrogens is 1. The normalized spacial score (nSPS) is 10.4. The summed E-state index contributed by atoms with van der Waals surface area (Å²) in [5.41, 5.74) is 7.10. The van der Waals surface area contributed by atoms with E-state index in [1.54, 1.807) is 0 Å². The van der Waals surface area contributed by atoms with Gasteiger partial charge in [-0.1, -0.05) is 5.16 Å². The molecular weight excluding hydrogens is 200 g/mol. The molecule has 5 heteroatoms. The lowest BCUT2D eigenvalue weighted by atomic mass is 10.1. The van der Waals surface area contributed by atoms with Gasteiger partial charge in [-0.05, 0) is 23.9 Å². The largest absolute Gasteiger partial charge is 0.365 e. The Hall–Kier alpha value is -1.62. The first kappa shape index (κ1) is 8.96. The van der Waals surface area contributed by atoms with E-state index < -0.39 is 5.91 Å². The van der Waals surface area contributed by atoms with Crippen molar-refractivity contribution in [3.05, 3.63) is 28.8 Å². The van der Waals surface area contributed by atoms with E-state index in [4.69, 9.17) is 10.3 Å². The standard InChI is InChI=1S/C9H8N2O2S/c1-5-2-3-14-8(5)7-6(9(10)12)4-13-11-7/h2-4H,1H3,(H2,10,12). The number of aryl methyl sites for hydroxylation is 1. The highest BCUT2D eigenvalue weighted by Crippen LogP contribution is 2.30. The average Bonchev–Trinajstić information content (AvgIpc) is 2.70. The van der Waals surface area contributed by atoms with Gasteiger partial charge in [-0.15, -0.1) is 11.3 Å². The fourth-order valence-electron chi connectivity index (χ4n) is 1.19. The number of thiophene rings is 1. The smallest absolute Gasteiger partial charge is 0.254 e. The lowest BCUT2D eigenvalue weighted by molar-refractivity contribution is 0.100. The van der Waals surface area contributed by atoms with Gasteiger partial charge in [0.1, 0.15) is 17.5 Å². The minimum atomic E-state index is -0.519. The molecule has 0 spiro atoms. The van der Waals surface area contributed by atoms with Crippen LogP contribution < -0.4 is 5.73 Å². The van der Waals surface area contributed by atoms with E-state index in [2.05, 4.69) is 5.16 Å². The van der Waals surface area contributed by atoms with E-state index >= 15 is 0 Å². The summed E-state index contributed by atoms with van der Waals surface area (Å²) in [6.45, 7) is 1.95. The van der Waals surface area contributed by atoms with E-state index in [0.29, 0.717) is 11.3 Å². The summed E-state index contributed by atoms with van der Waals surface area (Å²) in [7, 11) is 0. The highest BCUT2D eigenvalue weighted by Gasteiger charge is 2.17. The van der Waals surface area contributed by atoms with Crippen molar-refractivity contribution in [3.63, 3.8) is 0 Å². The van der Waals surface area contributed by atoms with Crippen molar-refractivity contribution in [2.75, 3.05) is 0 Å². The van der Waals surface area contributed by atoms with Crippen LogP contribution in [0.1, 0.15) is 15.9 Å². The summed E-state index contributed by atoms with van der Waals surface area (Å²) < 4.78 is 4.74. The first-order chi connectivity index (χ1) is 6.70. The zero-order valence-electron chi connectivity index (χ0n) is 7.48. The van der Waals surface area contributed by atoms with Gasteiger partial charge < -0.3 is 10.3 Å². The van der Waals surface area contributed by atoms with Crippen LogP contribution in [-0.2, 0) is 0 Å². The van der Waals surface area contributed by atoms with E-state index in [1.807, 2.05) is 18.4 Å². The Morgan fingerprint density at radius 2 is 2.43 bits per heavy atom. The third-order valence-electron chi connectivity index (χ3n) is 1.91. The Bertz CT molecular complexity index is 473. The number of primary amides is 1. The van der Waals surface area contributed by atoms with Crippen molar-refractivity contribution in [2.24, 2.45) is 5.73 Å². The van der Waals surface area contributed by atoms with Crippen molar-refractivity contribution in [1.29, 1.82) is 0 Å². The van der Waals surface area contributed by atoms with Gasteiger partial charge in [0, 0.05) is 0 Å². The van der Waals surface area contributed by atoms with Gasteiger partial charge >= 0.3 is 0 Å². The zero-order chi connectivity index (χ0) is 10.1. The van der Waals surface area contributed by atoms with Crippen molar-refractivity contribution < 1.29 is 9.32 Å². The Morgan fingerprint density at radius 1 is 1.64 bits per heavy atom. The topological polar surface area (TPSA) is 69.1 Å². The molecule has 72 valence electrons. The third-order valence-corrected chi connectivity index (χ3v) is 2.94. The summed E-state index contributed by atoms with van der Waals surface area (Å²) >= 11 is 1.51. The molecular formula is C9H8N2O2S. The molecule has 0 aliphatic carbocycles. The molecule has 0 atom stereocenters. The number of carbonyl (C=O) groups excluding carboxylic acids is 1. The number of nitrogens with zero attached hydrogens (tertiary/aromatic N) is 1. The summed E-state index contributed by atoms with van der Waals surface area (Å²) in [5, 5.41) is 5.71. The van der Waals surface area contributed by atoms with Crippen LogP contribution in [0.25, 0.3) is 10.6 Å². The molecule has 2 N–H and O–H groups in total. The number of rotatable bonds is 2. The molecule has 2 aromatic heterocycles. The molecule has 0 radical (unpaired) electrons. The molecule has 2 heterocycles. The van der Waals surface area contributed by atoms with Gasteiger partial charge in [-0.25, -0.2) is 0 Å². The second-order valence-corrected chi connectivity index (χ2v) is 3.79. The van der Waals surface area contributed by atoms with Crippen molar-refractivity contribution in [2.45, 2.75) is 6.92 Å². The summed E-state index contributed by atoms with van der Waals surface area (Å²) in [4.78, 5) is 11.9. The molecule has 0 saturated heterocycles. The Balaban J connectivity index is 2.57. The van der Waals surface area contributed by atoms with E-state index in [1.165, 1.54) is 17.6 Å². The van der Waals surface area contributed by atoms with Crippen molar-refractivity contribution >= 4 is 17.2 Å². The maximum Gasteiger partial charge on any atom is 0.254 e. The predicted molar refractivity (Wildman–Crippen MR) is 53.1 cm³/mol. The van der Waals surface area contributed by atoms with Gasteiger partial charge in [-0.3, -0.25) is 4.79 Å². The first-order valence-corrected chi connectivity index (χ1v) is 4.86. The van der Waals surface area contributed by atoms with Crippen LogP contribution in [0.3, 0.4) is 0 Å². The molecule has 0 saturated carbocycles. The summed E-state index contributed by atoms with van der Waals surface area (Å²) in [5.74, 6) is -0.519. The Morgan fingerprint density at radius 3 is 3.00 bits per heavy atom. The molecule has 0 unspecified atom stereocenters. The van der Waals surface area contributed by atoms with Crippen LogP contribution >= 0.6 is 11.3 Å². The van der Waals surface area contributed by atoms with E-state index in [-0.39, 0.29) is 0 Å². The average molecular weight is 208 g/mol. The molecule has 4 nitrogen and oxygen atoms in total. The first-order valence-electron chi connectivity index (χ1n) is 3.99. The molecule has 14 heavy (non-hydrogen) atoms. The van der Waals surface area contributed by atoms with Gasteiger partial charge in [0.05, 0.1) is 4.88 Å². The van der Waals surface area contributed by atoms with E-state index in [0.717, 1.165) is 10.4 Å². The lowest BCUT2D eigenvalue weighted by Gasteiger charge is -1.94. The number of amides is 1. The van der Waals surface area contributed by atoms with Crippen LogP contribution in [-0.4, -0.2) is 11.1 Å². The molecule has 0 bridgehead atoms. The van der Waals surface area contributed by atoms with Crippen LogP contribution in [0, 0.1) is 6.92 Å². The Kier molecular flexibility index (Phi) is 2.09. The fourth-order valence-corrected chi connectivity index (χ4v) is 2.11.